The molecule has 13 heteroatoms. The highest BCUT2D eigenvalue weighted by atomic mass is 16.5. The van der Waals surface area contributed by atoms with E-state index in [9.17, 15) is 14.4 Å². The summed E-state index contributed by atoms with van der Waals surface area (Å²) in [5, 5.41) is 10.0. The third kappa shape index (κ3) is 10.8. The Morgan fingerprint density at radius 1 is 0.684 bits per heavy atom. The largest absolute Gasteiger partial charge is 0.381 e. The Morgan fingerprint density at radius 2 is 1.26 bits per heavy atom. The summed E-state index contributed by atoms with van der Waals surface area (Å²) in [7, 11) is 1.75. The van der Waals surface area contributed by atoms with Crippen LogP contribution in [0.2, 0.25) is 0 Å². The summed E-state index contributed by atoms with van der Waals surface area (Å²) in [6.07, 6.45) is 13.3. The summed E-state index contributed by atoms with van der Waals surface area (Å²) in [6.45, 7) is 13.6. The lowest BCUT2D eigenvalue weighted by atomic mass is 9.91. The van der Waals surface area contributed by atoms with Crippen LogP contribution < -0.4 is 32.6 Å². The molecule has 3 aliphatic rings. The Bertz CT molecular complexity index is 1950. The van der Waals surface area contributed by atoms with Crippen LogP contribution in [0.5, 0.6) is 0 Å². The lowest BCUT2D eigenvalue weighted by molar-refractivity contribution is -0.0860. The van der Waals surface area contributed by atoms with E-state index in [4.69, 9.17) is 18.9 Å². The molecule has 6 atom stereocenters. The van der Waals surface area contributed by atoms with Gasteiger partial charge in [0, 0.05) is 56.5 Å². The smallest absolute Gasteiger partial charge is 0.274 e. The van der Waals surface area contributed by atoms with Gasteiger partial charge in [0.15, 0.2) is 0 Å². The Labute approximate surface area is 337 Å². The zero-order valence-corrected chi connectivity index (χ0v) is 35.1. The molecule has 0 aromatic carbocycles. The van der Waals surface area contributed by atoms with Gasteiger partial charge in [-0.1, -0.05) is 12.8 Å². The maximum atomic E-state index is 14.2. The highest BCUT2D eigenvalue weighted by Gasteiger charge is 2.32. The normalized spacial score (nSPS) is 24.2. The number of rotatable bonds is 16. The average molecular weight is 791 g/mol. The monoisotopic (exact) mass is 790 g/mol. The number of aromatic nitrogens is 3. The molecular formula is C44H66N6O7. The molecule has 0 unspecified atom stereocenters. The molecule has 6 rings (SSSR count). The molecule has 1 aliphatic heterocycles. The molecular weight excluding hydrogens is 725 g/mol. The highest BCUT2D eigenvalue weighted by Crippen LogP contribution is 2.33. The molecule has 314 valence electrons. The minimum atomic E-state index is -0.356. The van der Waals surface area contributed by atoms with Crippen molar-refractivity contribution in [2.45, 2.75) is 167 Å². The number of nitrogens with zero attached hydrogens (tertiary/aromatic N) is 3. The minimum Gasteiger partial charge on any atom is -0.381 e. The molecule has 4 heterocycles. The second kappa shape index (κ2) is 19.7. The van der Waals surface area contributed by atoms with E-state index in [1.54, 1.807) is 11.7 Å². The van der Waals surface area contributed by atoms with Gasteiger partial charge in [-0.05, 0) is 122 Å². The first-order valence-electron chi connectivity index (χ1n) is 21.3. The van der Waals surface area contributed by atoms with E-state index >= 15 is 0 Å². The fraction of sp³-hybridized carbons (Fsp3) is 0.659. The molecule has 57 heavy (non-hydrogen) atoms. The van der Waals surface area contributed by atoms with Crippen LogP contribution in [0.1, 0.15) is 129 Å². The van der Waals surface area contributed by atoms with Gasteiger partial charge in [-0.25, -0.2) is 0 Å². The van der Waals surface area contributed by atoms with Gasteiger partial charge in [-0.2, -0.15) is 0 Å². The average Bonchev–Trinajstić information content (AvgIpc) is 3.19. The fourth-order valence-electron chi connectivity index (χ4n) is 8.78. The number of ether oxygens (including phenoxy) is 4. The van der Waals surface area contributed by atoms with Crippen LogP contribution in [0.15, 0.2) is 57.2 Å². The Hall–Kier alpha value is -3.91. The zero-order chi connectivity index (χ0) is 40.6. The molecule has 2 aliphatic carbocycles. The summed E-state index contributed by atoms with van der Waals surface area (Å²) in [4.78, 5) is 41.4. The molecule has 13 nitrogen and oxygen atoms in total. The molecule has 3 N–H and O–H groups in total. The third-order valence-electron chi connectivity index (χ3n) is 11.4. The van der Waals surface area contributed by atoms with Crippen LogP contribution in [0.3, 0.4) is 0 Å². The van der Waals surface area contributed by atoms with Crippen LogP contribution in [0.25, 0.3) is 0 Å². The molecule has 3 fully saturated rings. The highest BCUT2D eigenvalue weighted by molar-refractivity contribution is 5.45. The van der Waals surface area contributed by atoms with Gasteiger partial charge in [-0.15, -0.1) is 0 Å². The first-order valence-corrected chi connectivity index (χ1v) is 21.3. The summed E-state index contributed by atoms with van der Waals surface area (Å²) in [6, 6.07) is 7.48. The summed E-state index contributed by atoms with van der Waals surface area (Å²) < 4.78 is 30.4. The van der Waals surface area contributed by atoms with Crippen molar-refractivity contribution >= 4 is 17.1 Å². The molecule has 1 saturated heterocycles. The van der Waals surface area contributed by atoms with Crippen molar-refractivity contribution in [3.05, 3.63) is 85.0 Å². The molecule has 0 radical (unpaired) electrons. The first-order chi connectivity index (χ1) is 27.4. The van der Waals surface area contributed by atoms with E-state index in [2.05, 4.69) is 16.0 Å². The van der Waals surface area contributed by atoms with Crippen LogP contribution in [-0.2, 0) is 32.2 Å². The second-order valence-electron chi connectivity index (χ2n) is 17.1. The van der Waals surface area contributed by atoms with Crippen molar-refractivity contribution in [1.29, 1.82) is 0 Å². The first kappa shape index (κ1) is 42.7. The molecule has 0 bridgehead atoms. The zero-order valence-electron chi connectivity index (χ0n) is 35.1. The fourth-order valence-corrected chi connectivity index (χ4v) is 8.78. The van der Waals surface area contributed by atoms with Gasteiger partial charge in [0.05, 0.1) is 44.1 Å². The van der Waals surface area contributed by atoms with Gasteiger partial charge < -0.3 is 48.6 Å². The van der Waals surface area contributed by atoms with Crippen LogP contribution in [-0.4, -0.2) is 70.5 Å². The van der Waals surface area contributed by atoms with Crippen molar-refractivity contribution in [2.24, 2.45) is 0 Å². The maximum Gasteiger partial charge on any atom is 0.274 e. The van der Waals surface area contributed by atoms with Crippen LogP contribution in [0, 0.1) is 0 Å². The SMILES string of the molecule is CO[C@@H]1CCC[C@H](n2cc(CO[C@@H]3CCCC[C@@H]3n3cc(CO[C@@H]4COCC[C@@H]4n4cccc(NC(C)C)c4=O)cc(NC(C)C)c3=O)cc(NC(C)C)c2=O)C1. The maximum absolute atomic E-state index is 14.2. The quantitative estimate of drug-likeness (QED) is 0.139. The molecule has 2 saturated carbocycles. The van der Waals surface area contributed by atoms with Crippen molar-refractivity contribution in [1.82, 2.24) is 13.7 Å². The molecule has 3 aromatic rings. The number of hydrogen-bond acceptors (Lipinski definition) is 10. The number of pyridine rings is 3. The van der Waals surface area contributed by atoms with Crippen molar-refractivity contribution in [3.8, 4) is 0 Å². The number of anilines is 3. The summed E-state index contributed by atoms with van der Waals surface area (Å²) >= 11 is 0. The van der Waals surface area contributed by atoms with E-state index in [-0.39, 0.29) is 77.8 Å². The minimum absolute atomic E-state index is 0.0182. The van der Waals surface area contributed by atoms with Crippen molar-refractivity contribution in [2.75, 3.05) is 36.3 Å². The number of nitrogens with one attached hydrogen (secondary N) is 3. The van der Waals surface area contributed by atoms with Gasteiger partial charge in [0.2, 0.25) is 0 Å². The lowest BCUT2D eigenvalue weighted by Crippen LogP contribution is -2.41. The molecule has 0 amide bonds. The molecule has 0 spiro atoms. The van der Waals surface area contributed by atoms with Gasteiger partial charge in [0.1, 0.15) is 23.2 Å². The Balaban J connectivity index is 1.24. The van der Waals surface area contributed by atoms with E-state index in [0.717, 1.165) is 62.5 Å². The van der Waals surface area contributed by atoms with E-state index in [1.165, 1.54) is 0 Å². The summed E-state index contributed by atoms with van der Waals surface area (Å²) in [5.41, 5.74) is 3.26. The third-order valence-corrected chi connectivity index (χ3v) is 11.4. The van der Waals surface area contributed by atoms with E-state index in [0.29, 0.717) is 43.3 Å². The van der Waals surface area contributed by atoms with E-state index in [1.807, 2.05) is 93.5 Å². The van der Waals surface area contributed by atoms with Crippen LogP contribution >= 0.6 is 0 Å². The van der Waals surface area contributed by atoms with Crippen LogP contribution in [0.4, 0.5) is 17.1 Å². The van der Waals surface area contributed by atoms with Gasteiger partial charge >= 0.3 is 0 Å². The Kier molecular flexibility index (Phi) is 14.7. The second-order valence-corrected chi connectivity index (χ2v) is 17.1. The van der Waals surface area contributed by atoms with Crippen molar-refractivity contribution in [3.63, 3.8) is 0 Å². The predicted molar refractivity (Wildman–Crippen MR) is 226 cm³/mol. The van der Waals surface area contributed by atoms with Gasteiger partial charge in [-0.3, -0.25) is 14.4 Å². The predicted octanol–water partition coefficient (Wildman–Crippen LogP) is 7.01. The van der Waals surface area contributed by atoms with Crippen molar-refractivity contribution < 1.29 is 18.9 Å². The van der Waals surface area contributed by atoms with Gasteiger partial charge in [0.25, 0.3) is 16.7 Å². The number of methoxy groups -OCH3 is 1. The summed E-state index contributed by atoms with van der Waals surface area (Å²) in [5.74, 6) is 0. The number of hydrogen-bond donors (Lipinski definition) is 3. The lowest BCUT2D eigenvalue weighted by Gasteiger charge is -2.34. The Morgan fingerprint density at radius 3 is 1.93 bits per heavy atom. The topological polar surface area (TPSA) is 139 Å². The molecule has 3 aromatic heterocycles. The van der Waals surface area contributed by atoms with E-state index < -0.39 is 0 Å². The standard InChI is InChI=1S/C44H66N6O7/c1-28(2)45-35-14-11-18-48(42(35)51)39-17-19-55-27-41(39)57-26-32-21-37(47-30(5)6)44(53)50(24-32)38-15-8-9-16-40(38)56-25-31-20-36(46-29(3)4)43(52)49(23-31)33-12-10-13-34(22-33)54-7/h11,14,18,20-21,23-24,28-30,33-34,38-41,45-47H,8-10,12-13,15-17,19,22,25-27H2,1-7H3/t33-,34+,38-,39-,40+,41+/m0/s1.